The molecule has 0 radical (unpaired) electrons. The number of aromatic nitrogens is 2. The first-order valence-electron chi connectivity index (χ1n) is 8.43. The second kappa shape index (κ2) is 6.50. The van der Waals surface area contributed by atoms with E-state index >= 15 is 0 Å². The largest absolute Gasteiger partial charge is 0.416 e. The van der Waals surface area contributed by atoms with Crippen LogP contribution in [-0.2, 0) is 6.18 Å². The van der Waals surface area contributed by atoms with Gasteiger partial charge in [0.05, 0.1) is 16.8 Å². The molecule has 0 N–H and O–H groups in total. The molecule has 0 aliphatic carbocycles. The van der Waals surface area contributed by atoms with Crippen LogP contribution in [0.5, 0.6) is 0 Å². The summed E-state index contributed by atoms with van der Waals surface area (Å²) in [5.41, 5.74) is 2.72. The van der Waals surface area contributed by atoms with Gasteiger partial charge in [-0.1, -0.05) is 54.1 Å². The van der Waals surface area contributed by atoms with E-state index in [-0.39, 0.29) is 0 Å². The molecule has 1 heterocycles. The van der Waals surface area contributed by atoms with Gasteiger partial charge in [-0.05, 0) is 31.2 Å². The summed E-state index contributed by atoms with van der Waals surface area (Å²) in [4.78, 5) is 9.24. The van der Waals surface area contributed by atoms with Crippen LogP contribution in [0.1, 0.15) is 11.1 Å². The van der Waals surface area contributed by atoms with Crippen molar-refractivity contribution < 1.29 is 13.2 Å². The predicted molar refractivity (Wildman–Crippen MR) is 100 cm³/mol. The Kier molecular flexibility index (Phi) is 4.15. The fraction of sp³-hybridized carbons (Fsp3) is 0.0909. The number of hydrogen-bond acceptors (Lipinski definition) is 2. The quantitative estimate of drug-likeness (QED) is 0.418. The summed E-state index contributed by atoms with van der Waals surface area (Å²) in [6.45, 7) is 1.93. The van der Waals surface area contributed by atoms with Crippen molar-refractivity contribution >= 4 is 10.9 Å². The number of alkyl halides is 3. The van der Waals surface area contributed by atoms with Crippen LogP contribution in [0.25, 0.3) is 33.5 Å². The van der Waals surface area contributed by atoms with Crippen molar-refractivity contribution in [3.05, 3.63) is 83.9 Å². The van der Waals surface area contributed by atoms with Gasteiger partial charge in [0.25, 0.3) is 0 Å². The molecule has 4 rings (SSSR count). The van der Waals surface area contributed by atoms with E-state index in [4.69, 9.17) is 0 Å². The minimum Gasteiger partial charge on any atom is -0.228 e. The van der Waals surface area contributed by atoms with E-state index in [2.05, 4.69) is 9.97 Å². The van der Waals surface area contributed by atoms with Crippen LogP contribution in [0.2, 0.25) is 0 Å². The fourth-order valence-corrected chi connectivity index (χ4v) is 3.02. The highest BCUT2D eigenvalue weighted by atomic mass is 19.4. The maximum atomic E-state index is 13.2. The molecular weight excluding hydrogens is 349 g/mol. The molecule has 3 aromatic carbocycles. The molecule has 0 aliphatic rings. The van der Waals surface area contributed by atoms with Gasteiger partial charge in [0.15, 0.2) is 5.82 Å². The van der Waals surface area contributed by atoms with Crippen molar-refractivity contribution in [2.45, 2.75) is 13.1 Å². The van der Waals surface area contributed by atoms with Crippen LogP contribution in [0, 0.1) is 6.92 Å². The number of benzene rings is 3. The Morgan fingerprint density at radius 1 is 0.741 bits per heavy atom. The third-order valence-electron chi connectivity index (χ3n) is 4.35. The van der Waals surface area contributed by atoms with Crippen LogP contribution in [0.3, 0.4) is 0 Å². The Morgan fingerprint density at radius 3 is 2.22 bits per heavy atom. The molecule has 0 bridgehead atoms. The SMILES string of the molecule is Cc1ccc2nc(-c3ccccc3)nc(-c3cccc(C(F)(F)F)c3)c2c1. The molecule has 0 amide bonds. The smallest absolute Gasteiger partial charge is 0.228 e. The Balaban J connectivity index is 2.00. The van der Waals surface area contributed by atoms with E-state index in [0.29, 0.717) is 22.6 Å². The van der Waals surface area contributed by atoms with E-state index in [1.807, 2.05) is 55.5 Å². The maximum Gasteiger partial charge on any atom is 0.416 e. The molecule has 0 aliphatic heterocycles. The van der Waals surface area contributed by atoms with E-state index < -0.39 is 11.7 Å². The monoisotopic (exact) mass is 364 g/mol. The Morgan fingerprint density at radius 2 is 1.48 bits per heavy atom. The molecule has 134 valence electrons. The average molecular weight is 364 g/mol. The summed E-state index contributed by atoms with van der Waals surface area (Å²) >= 11 is 0. The van der Waals surface area contributed by atoms with Gasteiger partial charge in [-0.2, -0.15) is 13.2 Å². The van der Waals surface area contributed by atoms with Gasteiger partial charge in [-0.25, -0.2) is 9.97 Å². The highest BCUT2D eigenvalue weighted by Crippen LogP contribution is 2.34. The lowest BCUT2D eigenvalue weighted by molar-refractivity contribution is -0.137. The number of aryl methyl sites for hydroxylation is 1. The molecule has 1 aromatic heterocycles. The Bertz CT molecular complexity index is 1120. The summed E-state index contributed by atoms with van der Waals surface area (Å²) in [6, 6.07) is 20.4. The van der Waals surface area contributed by atoms with E-state index in [1.54, 1.807) is 6.07 Å². The molecular formula is C22H15F3N2. The zero-order valence-electron chi connectivity index (χ0n) is 14.5. The minimum absolute atomic E-state index is 0.417. The number of rotatable bonds is 2. The minimum atomic E-state index is -4.41. The Hall–Kier alpha value is -3.21. The van der Waals surface area contributed by atoms with E-state index in [9.17, 15) is 13.2 Å². The van der Waals surface area contributed by atoms with Crippen LogP contribution in [0.15, 0.2) is 72.8 Å². The molecule has 0 fully saturated rings. The van der Waals surface area contributed by atoms with Crippen molar-refractivity contribution in [1.29, 1.82) is 0 Å². The molecule has 0 unspecified atom stereocenters. The van der Waals surface area contributed by atoms with Gasteiger partial charge in [-0.3, -0.25) is 0 Å². The van der Waals surface area contributed by atoms with Crippen LogP contribution < -0.4 is 0 Å². The first-order valence-corrected chi connectivity index (χ1v) is 8.43. The molecule has 0 saturated carbocycles. The highest BCUT2D eigenvalue weighted by Gasteiger charge is 2.30. The van der Waals surface area contributed by atoms with Crippen LogP contribution in [-0.4, -0.2) is 9.97 Å². The first kappa shape index (κ1) is 17.2. The third-order valence-corrected chi connectivity index (χ3v) is 4.35. The van der Waals surface area contributed by atoms with Gasteiger partial charge >= 0.3 is 6.18 Å². The fourth-order valence-electron chi connectivity index (χ4n) is 3.02. The van der Waals surface area contributed by atoms with Crippen LogP contribution >= 0.6 is 0 Å². The zero-order valence-corrected chi connectivity index (χ0v) is 14.5. The zero-order chi connectivity index (χ0) is 19.0. The normalized spacial score (nSPS) is 11.7. The number of halogens is 3. The van der Waals surface area contributed by atoms with Gasteiger partial charge < -0.3 is 0 Å². The van der Waals surface area contributed by atoms with Crippen molar-refractivity contribution in [3.63, 3.8) is 0 Å². The maximum absolute atomic E-state index is 13.2. The molecule has 2 nitrogen and oxygen atoms in total. The topological polar surface area (TPSA) is 25.8 Å². The predicted octanol–water partition coefficient (Wildman–Crippen LogP) is 6.29. The van der Waals surface area contributed by atoms with Crippen molar-refractivity contribution in [2.24, 2.45) is 0 Å². The summed E-state index contributed by atoms with van der Waals surface area (Å²) in [7, 11) is 0. The number of nitrogens with zero attached hydrogens (tertiary/aromatic N) is 2. The van der Waals surface area contributed by atoms with Crippen molar-refractivity contribution in [2.75, 3.05) is 0 Å². The second-order valence-electron chi connectivity index (χ2n) is 6.36. The summed E-state index contributed by atoms with van der Waals surface area (Å²) in [5, 5.41) is 0.731. The average Bonchev–Trinajstić information content (AvgIpc) is 2.67. The molecule has 27 heavy (non-hydrogen) atoms. The summed E-state index contributed by atoms with van der Waals surface area (Å²) in [5.74, 6) is 0.486. The van der Waals surface area contributed by atoms with E-state index in [0.717, 1.165) is 28.6 Å². The summed E-state index contributed by atoms with van der Waals surface area (Å²) in [6.07, 6.45) is -4.41. The van der Waals surface area contributed by atoms with Crippen LogP contribution in [0.4, 0.5) is 13.2 Å². The standard InChI is InChI=1S/C22H15F3N2/c1-14-10-11-19-18(12-14)20(16-8-5-9-17(13-16)22(23,24)25)27-21(26-19)15-6-3-2-4-7-15/h2-13H,1H3. The molecule has 0 saturated heterocycles. The molecule has 4 aromatic rings. The summed E-state index contributed by atoms with van der Waals surface area (Å²) < 4.78 is 39.5. The lowest BCUT2D eigenvalue weighted by Crippen LogP contribution is -2.05. The molecule has 0 atom stereocenters. The molecule has 0 spiro atoms. The van der Waals surface area contributed by atoms with Gasteiger partial charge in [0.1, 0.15) is 0 Å². The number of hydrogen-bond donors (Lipinski definition) is 0. The Labute approximate surface area is 154 Å². The lowest BCUT2D eigenvalue weighted by atomic mass is 10.0. The van der Waals surface area contributed by atoms with E-state index in [1.165, 1.54) is 6.07 Å². The highest BCUT2D eigenvalue weighted by molar-refractivity contribution is 5.94. The molecule has 5 heteroatoms. The van der Waals surface area contributed by atoms with Gasteiger partial charge in [-0.15, -0.1) is 0 Å². The van der Waals surface area contributed by atoms with Crippen molar-refractivity contribution in [1.82, 2.24) is 9.97 Å². The first-order chi connectivity index (χ1) is 12.9. The van der Waals surface area contributed by atoms with Crippen molar-refractivity contribution in [3.8, 4) is 22.6 Å². The van der Waals surface area contributed by atoms with Gasteiger partial charge in [0.2, 0.25) is 0 Å². The third kappa shape index (κ3) is 3.40. The lowest BCUT2D eigenvalue weighted by Gasteiger charge is -2.12. The second-order valence-corrected chi connectivity index (χ2v) is 6.36. The van der Waals surface area contributed by atoms with Gasteiger partial charge in [0, 0.05) is 16.5 Å². The number of fused-ring (bicyclic) bond motifs is 1.